The Balaban J connectivity index is 1.56. The van der Waals surface area contributed by atoms with Gasteiger partial charge in [0, 0.05) is 49.8 Å². The lowest BCUT2D eigenvalue weighted by Gasteiger charge is -2.16. The van der Waals surface area contributed by atoms with Crippen LogP contribution in [0.2, 0.25) is 0 Å². The summed E-state index contributed by atoms with van der Waals surface area (Å²) < 4.78 is 2.04. The molecule has 2 heterocycles. The molecule has 0 bridgehead atoms. The summed E-state index contributed by atoms with van der Waals surface area (Å²) in [6, 6.07) is 10.1. The second-order valence-corrected chi connectivity index (χ2v) is 6.76. The monoisotopic (exact) mass is 354 g/mol. The molecule has 0 N–H and O–H groups in total. The summed E-state index contributed by atoms with van der Waals surface area (Å²) in [4.78, 5) is 23.1. The van der Waals surface area contributed by atoms with E-state index < -0.39 is 0 Å². The van der Waals surface area contributed by atoms with Gasteiger partial charge in [-0.15, -0.1) is 11.3 Å². The SMILES string of the molecule is CCc1nccn1CCC(=O)N(C)Cc1csc(-c2ccccc2)n1. The Bertz CT molecular complexity index is 825. The van der Waals surface area contributed by atoms with Gasteiger partial charge in [0.2, 0.25) is 5.91 Å². The molecule has 0 spiro atoms. The number of imidazole rings is 1. The quantitative estimate of drug-likeness (QED) is 0.651. The zero-order chi connectivity index (χ0) is 17.6. The molecule has 0 fully saturated rings. The molecule has 5 nitrogen and oxygen atoms in total. The van der Waals surface area contributed by atoms with Crippen LogP contribution in [0.15, 0.2) is 48.1 Å². The summed E-state index contributed by atoms with van der Waals surface area (Å²) in [6.45, 7) is 3.27. The molecule has 0 saturated carbocycles. The maximum absolute atomic E-state index is 12.4. The maximum atomic E-state index is 12.4. The van der Waals surface area contributed by atoms with Crippen LogP contribution in [0.3, 0.4) is 0 Å². The number of hydrogen-bond acceptors (Lipinski definition) is 4. The Morgan fingerprint density at radius 2 is 2.08 bits per heavy atom. The zero-order valence-corrected chi connectivity index (χ0v) is 15.4. The minimum absolute atomic E-state index is 0.116. The van der Waals surface area contributed by atoms with Crippen LogP contribution < -0.4 is 0 Å². The fraction of sp³-hybridized carbons (Fsp3) is 0.316. The van der Waals surface area contributed by atoms with Crippen molar-refractivity contribution in [3.8, 4) is 10.6 Å². The highest BCUT2D eigenvalue weighted by atomic mass is 32.1. The smallest absolute Gasteiger partial charge is 0.224 e. The van der Waals surface area contributed by atoms with E-state index in [0.717, 1.165) is 28.5 Å². The maximum Gasteiger partial charge on any atom is 0.224 e. The summed E-state index contributed by atoms with van der Waals surface area (Å²) in [6.07, 6.45) is 5.06. The molecule has 0 unspecified atom stereocenters. The molecule has 6 heteroatoms. The van der Waals surface area contributed by atoms with E-state index in [9.17, 15) is 4.79 Å². The topological polar surface area (TPSA) is 51.0 Å². The van der Waals surface area contributed by atoms with Gasteiger partial charge in [0.15, 0.2) is 0 Å². The highest BCUT2D eigenvalue weighted by molar-refractivity contribution is 7.13. The standard InChI is InChI=1S/C19H22N4OS/c1-3-17-20-10-12-23(17)11-9-18(24)22(2)13-16-14-25-19(21-16)15-7-5-4-6-8-15/h4-8,10,12,14H,3,9,11,13H2,1-2H3. The van der Waals surface area contributed by atoms with Crippen molar-refractivity contribution in [2.24, 2.45) is 0 Å². The molecule has 130 valence electrons. The van der Waals surface area contributed by atoms with Gasteiger partial charge in [-0.3, -0.25) is 4.79 Å². The molecular weight excluding hydrogens is 332 g/mol. The molecule has 25 heavy (non-hydrogen) atoms. The van der Waals surface area contributed by atoms with E-state index in [0.29, 0.717) is 19.5 Å². The number of nitrogens with zero attached hydrogens (tertiary/aromatic N) is 4. The van der Waals surface area contributed by atoms with Crippen LogP contribution in [-0.4, -0.2) is 32.4 Å². The summed E-state index contributed by atoms with van der Waals surface area (Å²) in [7, 11) is 1.83. The third-order valence-corrected chi connectivity index (χ3v) is 5.02. The zero-order valence-electron chi connectivity index (χ0n) is 14.6. The summed E-state index contributed by atoms with van der Waals surface area (Å²) in [5.41, 5.74) is 2.04. The fourth-order valence-electron chi connectivity index (χ4n) is 2.69. The van der Waals surface area contributed by atoms with Crippen molar-refractivity contribution in [3.05, 3.63) is 59.6 Å². The minimum Gasteiger partial charge on any atom is -0.340 e. The molecule has 3 aromatic rings. The van der Waals surface area contributed by atoms with Crippen molar-refractivity contribution in [2.45, 2.75) is 32.9 Å². The van der Waals surface area contributed by atoms with E-state index in [1.807, 2.05) is 53.5 Å². The number of amides is 1. The molecule has 1 amide bonds. The van der Waals surface area contributed by atoms with Crippen molar-refractivity contribution in [1.82, 2.24) is 19.4 Å². The lowest BCUT2D eigenvalue weighted by atomic mass is 10.2. The summed E-state index contributed by atoms with van der Waals surface area (Å²) in [5, 5.41) is 3.01. The molecule has 1 aromatic carbocycles. The van der Waals surface area contributed by atoms with Crippen LogP contribution in [-0.2, 0) is 24.3 Å². The van der Waals surface area contributed by atoms with Crippen molar-refractivity contribution in [1.29, 1.82) is 0 Å². The van der Waals surface area contributed by atoms with E-state index >= 15 is 0 Å². The highest BCUT2D eigenvalue weighted by Gasteiger charge is 2.13. The molecule has 2 aromatic heterocycles. The first kappa shape index (κ1) is 17.4. The van der Waals surface area contributed by atoms with Gasteiger partial charge in [-0.2, -0.15) is 0 Å². The number of carbonyl (C=O) groups is 1. The first-order valence-corrected chi connectivity index (χ1v) is 9.29. The minimum atomic E-state index is 0.116. The number of thiazole rings is 1. The number of aryl methyl sites for hydroxylation is 2. The van der Waals surface area contributed by atoms with Crippen molar-refractivity contribution >= 4 is 17.2 Å². The third kappa shape index (κ3) is 4.33. The van der Waals surface area contributed by atoms with E-state index in [1.54, 1.807) is 22.4 Å². The molecule has 0 aliphatic rings. The number of carbonyl (C=O) groups excluding carboxylic acids is 1. The van der Waals surface area contributed by atoms with Gasteiger partial charge in [-0.25, -0.2) is 9.97 Å². The van der Waals surface area contributed by atoms with Crippen molar-refractivity contribution in [2.75, 3.05) is 7.05 Å². The Kier molecular flexibility index (Phi) is 5.60. The second kappa shape index (κ2) is 8.07. The number of aromatic nitrogens is 3. The lowest BCUT2D eigenvalue weighted by molar-refractivity contribution is -0.130. The first-order valence-electron chi connectivity index (χ1n) is 8.41. The van der Waals surface area contributed by atoms with Crippen LogP contribution in [0, 0.1) is 0 Å². The van der Waals surface area contributed by atoms with Crippen LogP contribution >= 0.6 is 11.3 Å². The van der Waals surface area contributed by atoms with Gasteiger partial charge in [-0.1, -0.05) is 37.3 Å². The van der Waals surface area contributed by atoms with E-state index in [1.165, 1.54) is 0 Å². The van der Waals surface area contributed by atoms with Gasteiger partial charge in [-0.05, 0) is 0 Å². The predicted molar refractivity (Wildman–Crippen MR) is 100 cm³/mol. The van der Waals surface area contributed by atoms with Crippen LogP contribution in [0.25, 0.3) is 10.6 Å². The van der Waals surface area contributed by atoms with Gasteiger partial charge in [0.25, 0.3) is 0 Å². The van der Waals surface area contributed by atoms with Gasteiger partial charge < -0.3 is 9.47 Å². The second-order valence-electron chi connectivity index (χ2n) is 5.90. The summed E-state index contributed by atoms with van der Waals surface area (Å²) >= 11 is 1.61. The lowest BCUT2D eigenvalue weighted by Crippen LogP contribution is -2.27. The Labute approximate surface area is 152 Å². The Morgan fingerprint density at radius 3 is 2.84 bits per heavy atom. The van der Waals surface area contributed by atoms with Crippen molar-refractivity contribution < 1.29 is 4.79 Å². The summed E-state index contributed by atoms with van der Waals surface area (Å²) in [5.74, 6) is 1.13. The van der Waals surface area contributed by atoms with E-state index in [2.05, 4.69) is 16.9 Å². The largest absolute Gasteiger partial charge is 0.340 e. The van der Waals surface area contributed by atoms with Gasteiger partial charge in [0.1, 0.15) is 10.8 Å². The molecule has 0 radical (unpaired) electrons. The predicted octanol–water partition coefficient (Wildman–Crippen LogP) is 3.62. The number of hydrogen-bond donors (Lipinski definition) is 0. The average molecular weight is 354 g/mol. The van der Waals surface area contributed by atoms with Crippen LogP contribution in [0.4, 0.5) is 0 Å². The van der Waals surface area contributed by atoms with Crippen LogP contribution in [0.5, 0.6) is 0 Å². The number of benzene rings is 1. The van der Waals surface area contributed by atoms with E-state index in [-0.39, 0.29) is 5.91 Å². The first-order chi connectivity index (χ1) is 12.2. The van der Waals surface area contributed by atoms with Gasteiger partial charge in [0.05, 0.1) is 12.2 Å². The average Bonchev–Trinajstić information content (AvgIpc) is 3.29. The molecule has 0 atom stereocenters. The van der Waals surface area contributed by atoms with Gasteiger partial charge >= 0.3 is 0 Å². The molecular formula is C19H22N4OS. The molecule has 0 saturated heterocycles. The Morgan fingerprint density at radius 1 is 1.28 bits per heavy atom. The number of rotatable bonds is 7. The fourth-order valence-corrected chi connectivity index (χ4v) is 3.51. The van der Waals surface area contributed by atoms with Crippen molar-refractivity contribution in [3.63, 3.8) is 0 Å². The molecule has 0 aliphatic heterocycles. The normalized spacial score (nSPS) is 10.8. The third-order valence-electron chi connectivity index (χ3n) is 4.08. The van der Waals surface area contributed by atoms with E-state index in [4.69, 9.17) is 0 Å². The molecule has 3 rings (SSSR count). The van der Waals surface area contributed by atoms with Crippen LogP contribution in [0.1, 0.15) is 24.9 Å². The Hall–Kier alpha value is -2.47. The molecule has 0 aliphatic carbocycles. The highest BCUT2D eigenvalue weighted by Crippen LogP contribution is 2.23.